The van der Waals surface area contributed by atoms with Crippen LogP contribution in [0.5, 0.6) is 0 Å². The first-order chi connectivity index (χ1) is 8.19. The van der Waals surface area contributed by atoms with E-state index in [9.17, 15) is 4.79 Å². The number of nitrogens with one attached hydrogen (secondary N) is 2. The molecule has 0 aliphatic carbocycles. The molecule has 1 amide bonds. The lowest BCUT2D eigenvalue weighted by molar-refractivity contribution is 0.102. The zero-order valence-electron chi connectivity index (χ0n) is 9.39. The summed E-state index contributed by atoms with van der Waals surface area (Å²) in [5.41, 5.74) is 1.14. The summed E-state index contributed by atoms with van der Waals surface area (Å²) in [5.74, 6) is 0.307. The largest absolute Gasteiger partial charge is 0.372 e. The van der Waals surface area contributed by atoms with E-state index in [1.165, 1.54) is 23.7 Å². The molecule has 7 heteroatoms. The molecule has 2 aromatic rings. The highest BCUT2D eigenvalue weighted by Crippen LogP contribution is 2.15. The van der Waals surface area contributed by atoms with Gasteiger partial charge in [-0.3, -0.25) is 10.1 Å². The molecular weight excluding hydrogens is 238 g/mol. The second kappa shape index (κ2) is 4.88. The Labute approximate surface area is 102 Å². The van der Waals surface area contributed by atoms with Gasteiger partial charge in [0.15, 0.2) is 5.13 Å². The van der Waals surface area contributed by atoms with Gasteiger partial charge in [0.1, 0.15) is 11.5 Å². The number of amides is 1. The molecule has 2 heterocycles. The van der Waals surface area contributed by atoms with Crippen molar-refractivity contribution in [2.24, 2.45) is 0 Å². The second-order valence-corrected chi connectivity index (χ2v) is 4.14. The van der Waals surface area contributed by atoms with Crippen molar-refractivity contribution in [1.82, 2.24) is 15.0 Å². The lowest BCUT2D eigenvalue weighted by Crippen LogP contribution is -2.14. The molecule has 0 saturated carbocycles. The van der Waals surface area contributed by atoms with Crippen molar-refractivity contribution in [3.05, 3.63) is 29.2 Å². The molecule has 6 nitrogen and oxygen atoms in total. The number of aryl methyl sites for hydroxylation is 1. The van der Waals surface area contributed by atoms with Gasteiger partial charge < -0.3 is 5.32 Å². The third kappa shape index (κ3) is 2.76. The van der Waals surface area contributed by atoms with E-state index in [1.807, 2.05) is 12.3 Å². The summed E-state index contributed by atoms with van der Waals surface area (Å²) < 4.78 is 0. The molecule has 2 aromatic heterocycles. The van der Waals surface area contributed by atoms with Crippen molar-refractivity contribution in [1.29, 1.82) is 0 Å². The fourth-order valence-corrected chi connectivity index (χ4v) is 1.83. The predicted molar refractivity (Wildman–Crippen MR) is 66.4 cm³/mol. The summed E-state index contributed by atoms with van der Waals surface area (Å²) in [5, 5.41) is 7.92. The molecule has 0 aliphatic rings. The zero-order chi connectivity index (χ0) is 12.3. The first-order valence-electron chi connectivity index (χ1n) is 4.92. The average molecular weight is 249 g/mol. The number of hydrogen-bond acceptors (Lipinski definition) is 6. The van der Waals surface area contributed by atoms with Crippen molar-refractivity contribution in [2.75, 3.05) is 17.7 Å². The molecule has 17 heavy (non-hydrogen) atoms. The summed E-state index contributed by atoms with van der Waals surface area (Å²) in [6.07, 6.45) is 2.92. The quantitative estimate of drug-likeness (QED) is 0.862. The Balaban J connectivity index is 2.09. The van der Waals surface area contributed by atoms with Crippen molar-refractivity contribution in [3.8, 4) is 0 Å². The number of carbonyl (C=O) groups is 1. The van der Waals surface area contributed by atoms with Crippen LogP contribution < -0.4 is 10.6 Å². The van der Waals surface area contributed by atoms with Crippen LogP contribution in [0.15, 0.2) is 17.8 Å². The van der Waals surface area contributed by atoms with Crippen LogP contribution in [0.3, 0.4) is 0 Å². The standard InChI is InChI=1S/C10H11N5OS/c1-6-5-17-10(14-6)15-9(16)7-3-13-8(11-2)4-12-7/h3-5H,1-2H3,(H,11,13)(H,14,15,16). The van der Waals surface area contributed by atoms with Crippen LogP contribution in [-0.4, -0.2) is 27.9 Å². The van der Waals surface area contributed by atoms with E-state index < -0.39 is 0 Å². The summed E-state index contributed by atoms with van der Waals surface area (Å²) in [6, 6.07) is 0. The maximum absolute atomic E-state index is 11.8. The van der Waals surface area contributed by atoms with Crippen LogP contribution in [-0.2, 0) is 0 Å². The van der Waals surface area contributed by atoms with E-state index in [4.69, 9.17) is 0 Å². The Bertz CT molecular complexity index is 522. The van der Waals surface area contributed by atoms with Gasteiger partial charge in [-0.2, -0.15) is 0 Å². The van der Waals surface area contributed by atoms with E-state index in [0.29, 0.717) is 10.9 Å². The van der Waals surface area contributed by atoms with E-state index >= 15 is 0 Å². The highest BCUT2D eigenvalue weighted by Gasteiger charge is 2.09. The van der Waals surface area contributed by atoms with Crippen LogP contribution in [0.1, 0.15) is 16.2 Å². The number of anilines is 2. The van der Waals surface area contributed by atoms with Gasteiger partial charge >= 0.3 is 0 Å². The maximum Gasteiger partial charge on any atom is 0.277 e. The average Bonchev–Trinajstić information content (AvgIpc) is 2.75. The summed E-state index contributed by atoms with van der Waals surface area (Å²) >= 11 is 1.38. The van der Waals surface area contributed by atoms with Gasteiger partial charge in [-0.1, -0.05) is 0 Å². The van der Waals surface area contributed by atoms with Crippen LogP contribution >= 0.6 is 11.3 Å². The minimum absolute atomic E-state index is 0.261. The summed E-state index contributed by atoms with van der Waals surface area (Å²) in [4.78, 5) is 23.9. The minimum Gasteiger partial charge on any atom is -0.372 e. The van der Waals surface area contributed by atoms with Gasteiger partial charge in [0.25, 0.3) is 5.91 Å². The number of rotatable bonds is 3. The number of thiazole rings is 1. The lowest BCUT2D eigenvalue weighted by atomic mass is 10.4. The molecule has 0 atom stereocenters. The Morgan fingerprint density at radius 2 is 2.18 bits per heavy atom. The molecule has 0 fully saturated rings. The fraction of sp³-hybridized carbons (Fsp3) is 0.200. The predicted octanol–water partition coefficient (Wildman–Crippen LogP) is 1.54. The van der Waals surface area contributed by atoms with Crippen molar-refractivity contribution >= 4 is 28.2 Å². The minimum atomic E-state index is -0.311. The second-order valence-electron chi connectivity index (χ2n) is 3.29. The van der Waals surface area contributed by atoms with Gasteiger partial charge in [0.2, 0.25) is 0 Å². The number of carbonyl (C=O) groups excluding carboxylic acids is 1. The van der Waals surface area contributed by atoms with Crippen molar-refractivity contribution in [3.63, 3.8) is 0 Å². The van der Waals surface area contributed by atoms with E-state index in [2.05, 4.69) is 25.6 Å². The van der Waals surface area contributed by atoms with Crippen molar-refractivity contribution in [2.45, 2.75) is 6.92 Å². The molecule has 0 radical (unpaired) electrons. The van der Waals surface area contributed by atoms with Gasteiger partial charge in [-0.15, -0.1) is 11.3 Å². The molecule has 0 unspecified atom stereocenters. The molecule has 0 saturated heterocycles. The third-order valence-corrected chi connectivity index (χ3v) is 2.86. The summed E-state index contributed by atoms with van der Waals surface area (Å²) in [7, 11) is 1.74. The van der Waals surface area contributed by atoms with Crippen LogP contribution in [0.25, 0.3) is 0 Å². The molecule has 2 N–H and O–H groups in total. The molecule has 0 bridgehead atoms. The highest BCUT2D eigenvalue weighted by molar-refractivity contribution is 7.13. The van der Waals surface area contributed by atoms with Crippen LogP contribution in [0, 0.1) is 6.92 Å². The molecule has 88 valence electrons. The van der Waals surface area contributed by atoms with Gasteiger partial charge in [0.05, 0.1) is 18.1 Å². The Morgan fingerprint density at radius 1 is 1.35 bits per heavy atom. The van der Waals surface area contributed by atoms with Crippen LogP contribution in [0.4, 0.5) is 10.9 Å². The van der Waals surface area contributed by atoms with Gasteiger partial charge in [-0.25, -0.2) is 15.0 Å². The van der Waals surface area contributed by atoms with E-state index in [0.717, 1.165) is 5.69 Å². The summed E-state index contributed by atoms with van der Waals surface area (Å²) in [6.45, 7) is 1.87. The third-order valence-electron chi connectivity index (χ3n) is 1.98. The number of aromatic nitrogens is 3. The first kappa shape index (κ1) is 11.5. The fourth-order valence-electron chi connectivity index (χ4n) is 1.15. The molecular formula is C10H11N5OS. The zero-order valence-corrected chi connectivity index (χ0v) is 10.2. The first-order valence-corrected chi connectivity index (χ1v) is 5.80. The number of nitrogens with zero attached hydrogens (tertiary/aromatic N) is 3. The molecule has 2 rings (SSSR count). The molecule has 0 aromatic carbocycles. The smallest absolute Gasteiger partial charge is 0.277 e. The van der Waals surface area contributed by atoms with E-state index in [-0.39, 0.29) is 11.6 Å². The Hall–Kier alpha value is -2.02. The topological polar surface area (TPSA) is 79.8 Å². The Morgan fingerprint density at radius 3 is 2.71 bits per heavy atom. The number of hydrogen-bond donors (Lipinski definition) is 2. The maximum atomic E-state index is 11.8. The van der Waals surface area contributed by atoms with E-state index in [1.54, 1.807) is 7.05 Å². The van der Waals surface area contributed by atoms with Crippen LogP contribution in [0.2, 0.25) is 0 Å². The van der Waals surface area contributed by atoms with Crippen molar-refractivity contribution < 1.29 is 4.79 Å². The normalized spacial score (nSPS) is 10.0. The monoisotopic (exact) mass is 249 g/mol. The SMILES string of the molecule is CNc1cnc(C(=O)Nc2nc(C)cs2)cn1. The Kier molecular flexibility index (Phi) is 3.29. The molecule has 0 spiro atoms. The molecule has 0 aliphatic heterocycles. The highest BCUT2D eigenvalue weighted by atomic mass is 32.1. The van der Waals surface area contributed by atoms with Gasteiger partial charge in [-0.05, 0) is 6.92 Å². The van der Waals surface area contributed by atoms with Gasteiger partial charge in [0, 0.05) is 12.4 Å². The lowest BCUT2D eigenvalue weighted by Gasteiger charge is -2.01.